The molecule has 1 rings (SSSR count). The van der Waals surface area contributed by atoms with Gasteiger partial charge in [0.1, 0.15) is 0 Å². The molecule has 1 saturated heterocycles. The number of hydrogen-bond acceptors (Lipinski definition) is 3. The maximum absolute atomic E-state index is 10.6. The highest BCUT2D eigenvalue weighted by Gasteiger charge is 2.56. The smallest absolute Gasteiger partial charge is 0.158 e. The minimum Gasteiger partial charge on any atom is -0.391 e. The van der Waals surface area contributed by atoms with Crippen LogP contribution in [0.3, 0.4) is 0 Å². The molecular formula is C14H29BO2S. The van der Waals surface area contributed by atoms with E-state index >= 15 is 0 Å². The predicted octanol–water partition coefficient (Wildman–Crippen LogP) is 2.56. The van der Waals surface area contributed by atoms with Crippen LogP contribution in [0.4, 0.5) is 0 Å². The second-order valence-electron chi connectivity index (χ2n) is 6.55. The first-order valence-electron chi connectivity index (χ1n) is 7.30. The van der Waals surface area contributed by atoms with E-state index in [1.807, 2.05) is 0 Å². The standard InChI is InChI=1S/C14H29BO2S/c1-8(2)7-14(10(5)18)11(9(3)4)12(16)13(15-6)17-14/h8-13,15-16,18H,7H2,1-6H3/t10?,11?,12-,13?,14+/m1/s1. The van der Waals surface area contributed by atoms with Crippen LogP contribution in [-0.2, 0) is 4.74 Å². The van der Waals surface area contributed by atoms with Crippen molar-refractivity contribution in [2.24, 2.45) is 17.8 Å². The third-order valence-electron chi connectivity index (χ3n) is 4.24. The van der Waals surface area contributed by atoms with Crippen LogP contribution in [0.25, 0.3) is 0 Å². The molecule has 0 aromatic rings. The fraction of sp³-hybridized carbons (Fsp3) is 1.00. The second-order valence-corrected chi connectivity index (χ2v) is 7.33. The third-order valence-corrected chi connectivity index (χ3v) is 4.68. The summed E-state index contributed by atoms with van der Waals surface area (Å²) in [5, 5.41) is 10.7. The van der Waals surface area contributed by atoms with Gasteiger partial charge in [-0.2, -0.15) is 12.6 Å². The zero-order chi connectivity index (χ0) is 14.1. The molecule has 1 aliphatic rings. The molecule has 0 amide bonds. The van der Waals surface area contributed by atoms with Crippen molar-refractivity contribution in [1.82, 2.24) is 0 Å². The molecule has 1 fully saturated rings. The average molecular weight is 272 g/mol. The van der Waals surface area contributed by atoms with Gasteiger partial charge in [0.15, 0.2) is 7.28 Å². The molecule has 5 atom stereocenters. The monoisotopic (exact) mass is 272 g/mol. The quantitative estimate of drug-likeness (QED) is 0.595. The number of aliphatic hydroxyl groups excluding tert-OH is 1. The maximum Gasteiger partial charge on any atom is 0.158 e. The molecule has 0 saturated carbocycles. The van der Waals surface area contributed by atoms with E-state index in [0.29, 0.717) is 11.8 Å². The van der Waals surface area contributed by atoms with E-state index < -0.39 is 0 Å². The van der Waals surface area contributed by atoms with Crippen LogP contribution in [0.15, 0.2) is 0 Å². The lowest BCUT2D eigenvalue weighted by Crippen LogP contribution is -2.48. The van der Waals surface area contributed by atoms with E-state index in [1.54, 1.807) is 0 Å². The summed E-state index contributed by atoms with van der Waals surface area (Å²) in [6, 6.07) is -0.0363. The summed E-state index contributed by atoms with van der Waals surface area (Å²) in [4.78, 5) is 0. The minimum absolute atomic E-state index is 0.0363. The van der Waals surface area contributed by atoms with Crippen molar-refractivity contribution in [3.8, 4) is 0 Å². The Morgan fingerprint density at radius 3 is 2.17 bits per heavy atom. The second kappa shape index (κ2) is 6.19. The summed E-state index contributed by atoms with van der Waals surface area (Å²) in [6.07, 6.45) is 0.608. The number of thiol groups is 1. The van der Waals surface area contributed by atoms with Gasteiger partial charge in [0.05, 0.1) is 17.7 Å². The predicted molar refractivity (Wildman–Crippen MR) is 82.9 cm³/mol. The molecule has 1 N–H and O–H groups in total. The summed E-state index contributed by atoms with van der Waals surface area (Å²) in [6.45, 7) is 13.0. The fourth-order valence-electron chi connectivity index (χ4n) is 3.60. The highest BCUT2D eigenvalue weighted by molar-refractivity contribution is 7.81. The van der Waals surface area contributed by atoms with Gasteiger partial charge in [-0.05, 0) is 18.3 Å². The highest BCUT2D eigenvalue weighted by atomic mass is 32.1. The minimum atomic E-state index is -0.358. The summed E-state index contributed by atoms with van der Waals surface area (Å²) in [5.41, 5.74) is -0.286. The average Bonchev–Trinajstić information content (AvgIpc) is 2.51. The Kier molecular flexibility index (Phi) is 5.64. The molecule has 0 radical (unpaired) electrons. The molecule has 18 heavy (non-hydrogen) atoms. The summed E-state index contributed by atoms with van der Waals surface area (Å²) >= 11 is 4.69. The van der Waals surface area contributed by atoms with Crippen LogP contribution >= 0.6 is 12.6 Å². The van der Waals surface area contributed by atoms with Gasteiger partial charge in [-0.3, -0.25) is 0 Å². The molecule has 106 valence electrons. The number of ether oxygens (including phenoxy) is 1. The molecule has 2 nitrogen and oxygen atoms in total. The molecule has 1 aliphatic heterocycles. The Hall–Kier alpha value is 0.335. The van der Waals surface area contributed by atoms with Gasteiger partial charge in [0, 0.05) is 11.2 Å². The zero-order valence-electron chi connectivity index (χ0n) is 12.7. The molecule has 0 aromatic carbocycles. The normalized spacial score (nSPS) is 38.4. The van der Waals surface area contributed by atoms with E-state index in [4.69, 9.17) is 17.4 Å². The van der Waals surface area contributed by atoms with Gasteiger partial charge >= 0.3 is 0 Å². The van der Waals surface area contributed by atoms with Crippen molar-refractivity contribution < 1.29 is 9.84 Å². The van der Waals surface area contributed by atoms with Crippen molar-refractivity contribution in [2.75, 3.05) is 0 Å². The SMILES string of the molecule is CBC1O[C@@](CC(C)C)(C(C)S)C(C(C)C)[C@H]1O. The lowest BCUT2D eigenvalue weighted by molar-refractivity contribution is -0.0568. The lowest BCUT2D eigenvalue weighted by atomic mass is 9.66. The molecule has 0 bridgehead atoms. The summed E-state index contributed by atoms with van der Waals surface area (Å²) < 4.78 is 6.33. The Bertz CT molecular complexity index is 271. The van der Waals surface area contributed by atoms with Crippen LogP contribution in [-0.4, -0.2) is 35.3 Å². The number of rotatable bonds is 5. The first-order chi connectivity index (χ1) is 8.26. The Labute approximate surface area is 119 Å². The largest absolute Gasteiger partial charge is 0.391 e. The molecule has 0 spiro atoms. The molecule has 3 unspecified atom stereocenters. The first kappa shape index (κ1) is 16.4. The summed E-state index contributed by atoms with van der Waals surface area (Å²) in [7, 11) is 0.866. The van der Waals surface area contributed by atoms with Crippen molar-refractivity contribution in [3.63, 3.8) is 0 Å². The van der Waals surface area contributed by atoms with E-state index in [9.17, 15) is 5.11 Å². The van der Waals surface area contributed by atoms with Gasteiger partial charge in [0.2, 0.25) is 0 Å². The Morgan fingerprint density at radius 1 is 1.28 bits per heavy atom. The molecular weight excluding hydrogens is 243 g/mol. The van der Waals surface area contributed by atoms with Crippen LogP contribution in [0.5, 0.6) is 0 Å². The third kappa shape index (κ3) is 2.91. The lowest BCUT2D eigenvalue weighted by Gasteiger charge is -2.41. The van der Waals surface area contributed by atoms with E-state index in [1.165, 1.54) is 0 Å². The molecule has 4 heteroatoms. The fourth-order valence-corrected chi connectivity index (χ4v) is 3.94. The van der Waals surface area contributed by atoms with Crippen LogP contribution < -0.4 is 0 Å². The van der Waals surface area contributed by atoms with E-state index in [2.05, 4.69) is 41.4 Å². The topological polar surface area (TPSA) is 29.5 Å². The summed E-state index contributed by atoms with van der Waals surface area (Å²) in [5.74, 6) is 1.13. The number of aliphatic hydroxyl groups is 1. The van der Waals surface area contributed by atoms with Gasteiger partial charge < -0.3 is 9.84 Å². The van der Waals surface area contributed by atoms with Gasteiger partial charge in [-0.25, -0.2) is 0 Å². The maximum atomic E-state index is 10.6. The van der Waals surface area contributed by atoms with E-state index in [-0.39, 0.29) is 28.9 Å². The molecule has 0 aliphatic carbocycles. The van der Waals surface area contributed by atoms with Crippen LogP contribution in [0.1, 0.15) is 41.0 Å². The Morgan fingerprint density at radius 2 is 1.83 bits per heavy atom. The molecule has 0 aromatic heterocycles. The van der Waals surface area contributed by atoms with Gasteiger partial charge in [-0.15, -0.1) is 0 Å². The van der Waals surface area contributed by atoms with Gasteiger partial charge in [-0.1, -0.05) is 41.4 Å². The first-order valence-corrected chi connectivity index (χ1v) is 7.81. The van der Waals surface area contributed by atoms with Crippen LogP contribution in [0.2, 0.25) is 6.82 Å². The zero-order valence-corrected chi connectivity index (χ0v) is 13.6. The van der Waals surface area contributed by atoms with Crippen LogP contribution in [0, 0.1) is 17.8 Å². The van der Waals surface area contributed by atoms with Crippen molar-refractivity contribution in [3.05, 3.63) is 0 Å². The van der Waals surface area contributed by atoms with Crippen molar-refractivity contribution in [1.29, 1.82) is 0 Å². The highest BCUT2D eigenvalue weighted by Crippen LogP contribution is 2.47. The Balaban J connectivity index is 3.12. The van der Waals surface area contributed by atoms with Crippen molar-refractivity contribution in [2.45, 2.75) is 70.8 Å². The van der Waals surface area contributed by atoms with Crippen molar-refractivity contribution >= 4 is 19.9 Å². The van der Waals surface area contributed by atoms with E-state index in [0.717, 1.165) is 13.7 Å². The molecule has 1 heterocycles. The van der Waals surface area contributed by atoms with Gasteiger partial charge in [0.25, 0.3) is 0 Å². The number of hydrogen-bond donors (Lipinski definition) is 2.